The highest BCUT2D eigenvalue weighted by molar-refractivity contribution is 6.31. The van der Waals surface area contributed by atoms with Crippen molar-refractivity contribution >= 4 is 23.4 Å². The van der Waals surface area contributed by atoms with E-state index in [2.05, 4.69) is 0 Å². The molecule has 1 aromatic rings. The molecule has 2 amide bonds. The average molecular weight is 311 g/mol. The number of aromatic hydroxyl groups is 1. The van der Waals surface area contributed by atoms with E-state index < -0.39 is 5.91 Å². The minimum absolute atomic E-state index is 0.0563. The van der Waals surface area contributed by atoms with Crippen LogP contribution in [0.2, 0.25) is 5.02 Å². The van der Waals surface area contributed by atoms with Gasteiger partial charge >= 0.3 is 0 Å². The number of carbonyl (C=O) groups is 2. The van der Waals surface area contributed by atoms with Gasteiger partial charge in [-0.2, -0.15) is 0 Å². The molecule has 5 nitrogen and oxygen atoms in total. The monoisotopic (exact) mass is 310 g/mol. The van der Waals surface area contributed by atoms with Gasteiger partial charge in [0.25, 0.3) is 0 Å². The summed E-state index contributed by atoms with van der Waals surface area (Å²) in [5.74, 6) is -0.610. The number of amides is 2. The highest BCUT2D eigenvalue weighted by Crippen LogP contribution is 2.26. The summed E-state index contributed by atoms with van der Waals surface area (Å²) in [4.78, 5) is 25.2. The molecule has 0 aliphatic heterocycles. The summed E-state index contributed by atoms with van der Waals surface area (Å²) in [7, 11) is 0. The van der Waals surface area contributed by atoms with Gasteiger partial charge in [-0.3, -0.25) is 9.59 Å². The van der Waals surface area contributed by atoms with Gasteiger partial charge in [-0.05, 0) is 30.5 Å². The molecule has 1 aliphatic rings. The summed E-state index contributed by atoms with van der Waals surface area (Å²) in [6, 6.07) is 4.59. The van der Waals surface area contributed by atoms with Gasteiger partial charge in [-0.25, -0.2) is 0 Å². The van der Waals surface area contributed by atoms with Crippen LogP contribution in [0.5, 0.6) is 5.75 Å². The van der Waals surface area contributed by atoms with Gasteiger partial charge in [0.2, 0.25) is 11.8 Å². The second kappa shape index (κ2) is 6.80. The van der Waals surface area contributed by atoms with Crippen LogP contribution in [-0.2, 0) is 16.0 Å². The fourth-order valence-corrected chi connectivity index (χ4v) is 2.99. The first-order valence-electron chi connectivity index (χ1n) is 7.02. The molecule has 0 aromatic heterocycles. The Balaban J connectivity index is 2.11. The van der Waals surface area contributed by atoms with Crippen molar-refractivity contribution < 1.29 is 14.7 Å². The van der Waals surface area contributed by atoms with Gasteiger partial charge in [0.1, 0.15) is 5.75 Å². The summed E-state index contributed by atoms with van der Waals surface area (Å²) < 4.78 is 0. The molecule has 0 atom stereocenters. The minimum Gasteiger partial charge on any atom is -0.508 e. The number of hydrogen-bond acceptors (Lipinski definition) is 3. The van der Waals surface area contributed by atoms with Gasteiger partial charge in [0, 0.05) is 11.1 Å². The van der Waals surface area contributed by atoms with Crippen LogP contribution in [0.1, 0.15) is 31.2 Å². The van der Waals surface area contributed by atoms with E-state index in [0.717, 1.165) is 25.7 Å². The largest absolute Gasteiger partial charge is 0.508 e. The zero-order valence-electron chi connectivity index (χ0n) is 11.7. The number of rotatable bonds is 5. The maximum atomic E-state index is 12.5. The number of halogens is 1. The van der Waals surface area contributed by atoms with Crippen molar-refractivity contribution in [1.82, 2.24) is 4.90 Å². The number of carbonyl (C=O) groups excluding carboxylic acids is 2. The summed E-state index contributed by atoms with van der Waals surface area (Å²) in [5.41, 5.74) is 5.88. The third-order valence-corrected chi connectivity index (χ3v) is 4.14. The topological polar surface area (TPSA) is 83.6 Å². The highest BCUT2D eigenvalue weighted by Gasteiger charge is 2.28. The van der Waals surface area contributed by atoms with Crippen molar-refractivity contribution in [2.24, 2.45) is 5.73 Å². The Hall–Kier alpha value is -1.75. The average Bonchev–Trinajstić information content (AvgIpc) is 2.92. The molecule has 0 radical (unpaired) electrons. The number of phenols is 1. The van der Waals surface area contributed by atoms with Crippen molar-refractivity contribution in [3.8, 4) is 5.75 Å². The van der Waals surface area contributed by atoms with Crippen LogP contribution in [-0.4, -0.2) is 34.4 Å². The van der Waals surface area contributed by atoms with Crippen molar-refractivity contribution in [2.45, 2.75) is 38.1 Å². The van der Waals surface area contributed by atoms with Crippen molar-refractivity contribution in [3.63, 3.8) is 0 Å². The highest BCUT2D eigenvalue weighted by atomic mass is 35.5. The van der Waals surface area contributed by atoms with E-state index in [1.165, 1.54) is 12.1 Å². The smallest absolute Gasteiger partial charge is 0.237 e. The number of phenolic OH excluding ortho intramolecular Hbond substituents is 1. The molecule has 0 unspecified atom stereocenters. The van der Waals surface area contributed by atoms with Gasteiger partial charge in [-0.15, -0.1) is 0 Å². The Morgan fingerprint density at radius 1 is 1.33 bits per heavy atom. The maximum Gasteiger partial charge on any atom is 0.237 e. The van der Waals surface area contributed by atoms with Crippen LogP contribution in [0.15, 0.2) is 18.2 Å². The molecule has 1 aromatic carbocycles. The molecule has 21 heavy (non-hydrogen) atoms. The first-order chi connectivity index (χ1) is 9.97. The Kier molecular flexibility index (Phi) is 5.07. The van der Waals surface area contributed by atoms with Crippen LogP contribution in [0.25, 0.3) is 0 Å². The lowest BCUT2D eigenvalue weighted by Gasteiger charge is -2.28. The molecule has 0 spiro atoms. The molecule has 2 rings (SSSR count). The molecule has 0 saturated heterocycles. The molecule has 0 heterocycles. The molecule has 114 valence electrons. The lowest BCUT2D eigenvalue weighted by atomic mass is 10.1. The SMILES string of the molecule is NC(=O)CN(C(=O)Cc1ccc(O)cc1Cl)C1CCCC1. The third kappa shape index (κ3) is 4.11. The first kappa shape index (κ1) is 15.6. The fraction of sp³-hybridized carbons (Fsp3) is 0.467. The normalized spacial score (nSPS) is 15.1. The second-order valence-electron chi connectivity index (χ2n) is 5.38. The van der Waals surface area contributed by atoms with Gasteiger partial charge in [0.15, 0.2) is 0 Å². The van der Waals surface area contributed by atoms with Crippen LogP contribution < -0.4 is 5.73 Å². The molecule has 1 aliphatic carbocycles. The van der Waals surface area contributed by atoms with Crippen LogP contribution in [0.4, 0.5) is 0 Å². The Labute approximate surface area is 128 Å². The van der Waals surface area contributed by atoms with Gasteiger partial charge in [-0.1, -0.05) is 30.5 Å². The maximum absolute atomic E-state index is 12.5. The zero-order valence-corrected chi connectivity index (χ0v) is 12.5. The van der Waals surface area contributed by atoms with E-state index in [-0.39, 0.29) is 30.7 Å². The molecule has 1 saturated carbocycles. The summed E-state index contributed by atoms with van der Waals surface area (Å²) in [6.07, 6.45) is 4.04. The summed E-state index contributed by atoms with van der Waals surface area (Å²) in [6.45, 7) is -0.0563. The molecule has 1 fully saturated rings. The van der Waals surface area contributed by atoms with Crippen molar-refractivity contribution in [1.29, 1.82) is 0 Å². The van der Waals surface area contributed by atoms with Crippen LogP contribution in [0.3, 0.4) is 0 Å². The summed E-state index contributed by atoms with van der Waals surface area (Å²) in [5, 5.41) is 9.67. The van der Waals surface area contributed by atoms with E-state index in [9.17, 15) is 14.7 Å². The standard InChI is InChI=1S/C15H19ClN2O3/c16-13-8-12(19)6-5-10(13)7-15(21)18(9-14(17)20)11-3-1-2-4-11/h5-6,8,11,19H,1-4,7,9H2,(H2,17,20). The first-order valence-corrected chi connectivity index (χ1v) is 7.40. The Bertz CT molecular complexity index is 542. The number of benzene rings is 1. The Morgan fingerprint density at radius 3 is 2.57 bits per heavy atom. The van der Waals surface area contributed by atoms with E-state index in [1.54, 1.807) is 11.0 Å². The number of nitrogens with zero attached hydrogens (tertiary/aromatic N) is 1. The van der Waals surface area contributed by atoms with E-state index in [0.29, 0.717) is 10.6 Å². The van der Waals surface area contributed by atoms with E-state index in [4.69, 9.17) is 17.3 Å². The van der Waals surface area contributed by atoms with Gasteiger partial charge in [0.05, 0.1) is 13.0 Å². The molecular weight excluding hydrogens is 292 g/mol. The molecule has 3 N–H and O–H groups in total. The summed E-state index contributed by atoms with van der Waals surface area (Å²) >= 11 is 6.02. The Morgan fingerprint density at radius 2 is 2.00 bits per heavy atom. The molecule has 6 heteroatoms. The number of hydrogen-bond donors (Lipinski definition) is 2. The van der Waals surface area contributed by atoms with Crippen molar-refractivity contribution in [2.75, 3.05) is 6.54 Å². The quantitative estimate of drug-likeness (QED) is 0.870. The lowest BCUT2D eigenvalue weighted by molar-refractivity contribution is -0.136. The van der Waals surface area contributed by atoms with E-state index >= 15 is 0 Å². The van der Waals surface area contributed by atoms with Crippen LogP contribution >= 0.6 is 11.6 Å². The molecular formula is C15H19ClN2O3. The third-order valence-electron chi connectivity index (χ3n) is 3.79. The fourth-order valence-electron chi connectivity index (χ4n) is 2.75. The zero-order chi connectivity index (χ0) is 15.4. The predicted molar refractivity (Wildman–Crippen MR) is 80.0 cm³/mol. The predicted octanol–water partition coefficient (Wildman–Crippen LogP) is 1.84. The number of nitrogens with two attached hydrogens (primary N) is 1. The lowest BCUT2D eigenvalue weighted by Crippen LogP contribution is -2.44. The van der Waals surface area contributed by atoms with Crippen molar-refractivity contribution in [3.05, 3.63) is 28.8 Å². The minimum atomic E-state index is -0.507. The van der Waals surface area contributed by atoms with Gasteiger partial charge < -0.3 is 15.7 Å². The number of primary amides is 1. The second-order valence-corrected chi connectivity index (χ2v) is 5.79. The van der Waals surface area contributed by atoms with Crippen LogP contribution in [0, 0.1) is 0 Å². The molecule has 0 bridgehead atoms. The van der Waals surface area contributed by atoms with E-state index in [1.807, 2.05) is 0 Å².